The van der Waals surface area contributed by atoms with Crippen LogP contribution in [0.1, 0.15) is 10.4 Å². The van der Waals surface area contributed by atoms with Gasteiger partial charge in [0.1, 0.15) is 0 Å². The van der Waals surface area contributed by atoms with E-state index in [2.05, 4.69) is 21.2 Å². The summed E-state index contributed by atoms with van der Waals surface area (Å²) in [6, 6.07) is 12.4. The SMILES string of the molecule is O=C(CNc1ccc(Cl)c(Cl)c1)c1ccc(Br)cc1. The molecule has 0 aliphatic rings. The van der Waals surface area contributed by atoms with E-state index in [4.69, 9.17) is 23.2 Å². The largest absolute Gasteiger partial charge is 0.378 e. The normalized spacial score (nSPS) is 10.3. The number of carbonyl (C=O) groups is 1. The summed E-state index contributed by atoms with van der Waals surface area (Å²) >= 11 is 15.1. The van der Waals surface area contributed by atoms with Gasteiger partial charge in [-0.05, 0) is 30.3 Å². The Labute approximate surface area is 129 Å². The first-order chi connectivity index (χ1) is 9.06. The van der Waals surface area contributed by atoms with Crippen molar-refractivity contribution >= 4 is 50.6 Å². The lowest BCUT2D eigenvalue weighted by atomic mass is 10.1. The van der Waals surface area contributed by atoms with Crippen LogP contribution in [-0.4, -0.2) is 12.3 Å². The Morgan fingerprint density at radius 2 is 1.74 bits per heavy atom. The van der Waals surface area contributed by atoms with Gasteiger partial charge < -0.3 is 5.32 Å². The maximum Gasteiger partial charge on any atom is 0.181 e. The van der Waals surface area contributed by atoms with Crippen LogP contribution in [0.5, 0.6) is 0 Å². The van der Waals surface area contributed by atoms with Crippen molar-refractivity contribution in [1.29, 1.82) is 0 Å². The monoisotopic (exact) mass is 357 g/mol. The van der Waals surface area contributed by atoms with Gasteiger partial charge in [-0.3, -0.25) is 4.79 Å². The van der Waals surface area contributed by atoms with Crippen molar-refractivity contribution in [2.24, 2.45) is 0 Å². The van der Waals surface area contributed by atoms with Gasteiger partial charge in [-0.15, -0.1) is 0 Å². The molecule has 0 saturated heterocycles. The molecule has 0 saturated carbocycles. The maximum atomic E-state index is 11.9. The Bertz CT molecular complexity index is 599. The molecule has 0 fully saturated rings. The van der Waals surface area contributed by atoms with Crippen LogP contribution in [-0.2, 0) is 0 Å². The standard InChI is InChI=1S/C14H10BrCl2NO/c15-10-3-1-9(2-4-10)14(19)8-18-11-5-6-12(16)13(17)7-11/h1-7,18H,8H2. The van der Waals surface area contributed by atoms with E-state index in [0.717, 1.165) is 10.2 Å². The predicted molar refractivity (Wildman–Crippen MR) is 83.4 cm³/mol. The molecule has 0 aliphatic heterocycles. The summed E-state index contributed by atoms with van der Waals surface area (Å²) in [4.78, 5) is 11.9. The number of nitrogens with one attached hydrogen (secondary N) is 1. The van der Waals surface area contributed by atoms with Gasteiger partial charge in [-0.1, -0.05) is 51.3 Å². The zero-order valence-electron chi connectivity index (χ0n) is 9.79. The highest BCUT2D eigenvalue weighted by Gasteiger charge is 2.06. The van der Waals surface area contributed by atoms with Gasteiger partial charge in [-0.2, -0.15) is 0 Å². The number of anilines is 1. The summed E-state index contributed by atoms with van der Waals surface area (Å²) in [6.07, 6.45) is 0. The van der Waals surface area contributed by atoms with Gasteiger partial charge in [0.25, 0.3) is 0 Å². The lowest BCUT2D eigenvalue weighted by molar-refractivity contribution is 0.101. The van der Waals surface area contributed by atoms with Crippen LogP contribution in [0, 0.1) is 0 Å². The van der Waals surface area contributed by atoms with E-state index < -0.39 is 0 Å². The van der Waals surface area contributed by atoms with E-state index in [1.165, 1.54) is 0 Å². The third-order valence-electron chi connectivity index (χ3n) is 2.54. The van der Waals surface area contributed by atoms with E-state index in [9.17, 15) is 4.79 Å². The van der Waals surface area contributed by atoms with Crippen LogP contribution in [0.3, 0.4) is 0 Å². The molecular formula is C14H10BrCl2NO. The minimum absolute atomic E-state index is 0.0126. The second-order valence-corrected chi connectivity index (χ2v) is 5.64. The molecule has 2 aromatic rings. The van der Waals surface area contributed by atoms with Crippen LogP contribution < -0.4 is 5.32 Å². The Kier molecular flexibility index (Phi) is 4.86. The molecule has 98 valence electrons. The van der Waals surface area contributed by atoms with Gasteiger partial charge in [0.15, 0.2) is 5.78 Å². The molecule has 0 radical (unpaired) electrons. The molecule has 5 heteroatoms. The highest BCUT2D eigenvalue weighted by Crippen LogP contribution is 2.24. The molecule has 2 nitrogen and oxygen atoms in total. The number of hydrogen-bond acceptors (Lipinski definition) is 2. The number of hydrogen-bond donors (Lipinski definition) is 1. The quantitative estimate of drug-likeness (QED) is 0.774. The molecule has 0 unspecified atom stereocenters. The summed E-state index contributed by atoms with van der Waals surface area (Å²) in [5.41, 5.74) is 1.43. The molecule has 1 N–H and O–H groups in total. The first-order valence-electron chi connectivity index (χ1n) is 5.54. The number of rotatable bonds is 4. The van der Waals surface area contributed by atoms with Crippen LogP contribution in [0.2, 0.25) is 10.0 Å². The second-order valence-electron chi connectivity index (χ2n) is 3.91. The van der Waals surface area contributed by atoms with Crippen molar-refractivity contribution < 1.29 is 4.79 Å². The van der Waals surface area contributed by atoms with Crippen molar-refractivity contribution in [1.82, 2.24) is 0 Å². The summed E-state index contributed by atoms with van der Waals surface area (Å²) < 4.78 is 0.946. The Morgan fingerprint density at radius 1 is 1.05 bits per heavy atom. The van der Waals surface area contributed by atoms with Crippen molar-refractivity contribution in [3.8, 4) is 0 Å². The number of ketones is 1. The highest BCUT2D eigenvalue weighted by molar-refractivity contribution is 9.10. The molecule has 0 aromatic heterocycles. The number of halogens is 3. The topological polar surface area (TPSA) is 29.1 Å². The van der Waals surface area contributed by atoms with Crippen molar-refractivity contribution in [3.63, 3.8) is 0 Å². The lowest BCUT2D eigenvalue weighted by Gasteiger charge is -2.07. The van der Waals surface area contributed by atoms with E-state index in [1.807, 2.05) is 12.1 Å². The predicted octanol–water partition coefficient (Wildman–Crippen LogP) is 5.05. The minimum Gasteiger partial charge on any atom is -0.378 e. The zero-order valence-corrected chi connectivity index (χ0v) is 12.9. The fourth-order valence-corrected chi connectivity index (χ4v) is 2.09. The minimum atomic E-state index is 0.0126. The van der Waals surface area contributed by atoms with Gasteiger partial charge >= 0.3 is 0 Å². The number of carbonyl (C=O) groups excluding carboxylic acids is 1. The van der Waals surface area contributed by atoms with Crippen LogP contribution in [0.15, 0.2) is 46.9 Å². The molecule has 0 aliphatic carbocycles. The fourth-order valence-electron chi connectivity index (χ4n) is 1.53. The summed E-state index contributed by atoms with van der Waals surface area (Å²) in [5, 5.41) is 3.97. The third-order valence-corrected chi connectivity index (χ3v) is 3.81. The second kappa shape index (κ2) is 6.42. The van der Waals surface area contributed by atoms with E-state index in [1.54, 1.807) is 30.3 Å². The number of benzene rings is 2. The first kappa shape index (κ1) is 14.4. The maximum absolute atomic E-state index is 11.9. The van der Waals surface area contributed by atoms with E-state index in [0.29, 0.717) is 15.6 Å². The first-order valence-corrected chi connectivity index (χ1v) is 7.09. The third kappa shape index (κ3) is 3.96. The van der Waals surface area contributed by atoms with Gasteiger partial charge in [0.05, 0.1) is 16.6 Å². The molecule has 0 bridgehead atoms. The zero-order chi connectivity index (χ0) is 13.8. The van der Waals surface area contributed by atoms with Crippen molar-refractivity contribution in [2.45, 2.75) is 0 Å². The van der Waals surface area contributed by atoms with Crippen molar-refractivity contribution in [2.75, 3.05) is 11.9 Å². The van der Waals surface area contributed by atoms with Crippen LogP contribution in [0.25, 0.3) is 0 Å². The van der Waals surface area contributed by atoms with Gasteiger partial charge in [0.2, 0.25) is 0 Å². The molecule has 0 amide bonds. The summed E-state index contributed by atoms with van der Waals surface area (Å²) in [5.74, 6) is 0.0126. The fraction of sp³-hybridized carbons (Fsp3) is 0.0714. The average molecular weight is 359 g/mol. The Balaban J connectivity index is 2.00. The summed E-state index contributed by atoms with van der Waals surface area (Å²) in [6.45, 7) is 0.208. The highest BCUT2D eigenvalue weighted by atomic mass is 79.9. The van der Waals surface area contributed by atoms with Crippen molar-refractivity contribution in [3.05, 3.63) is 62.5 Å². The van der Waals surface area contributed by atoms with Gasteiger partial charge in [0, 0.05) is 15.7 Å². The molecule has 0 atom stereocenters. The van der Waals surface area contributed by atoms with Crippen LogP contribution in [0.4, 0.5) is 5.69 Å². The van der Waals surface area contributed by atoms with E-state index in [-0.39, 0.29) is 12.3 Å². The van der Waals surface area contributed by atoms with Crippen LogP contribution >= 0.6 is 39.1 Å². The summed E-state index contributed by atoms with van der Waals surface area (Å²) in [7, 11) is 0. The Hall–Kier alpha value is -1.03. The smallest absolute Gasteiger partial charge is 0.181 e. The van der Waals surface area contributed by atoms with Gasteiger partial charge in [-0.25, -0.2) is 0 Å². The molecule has 0 spiro atoms. The molecule has 2 aromatic carbocycles. The van der Waals surface area contributed by atoms with E-state index >= 15 is 0 Å². The molecule has 0 heterocycles. The lowest BCUT2D eigenvalue weighted by Crippen LogP contribution is -2.13. The molecular weight excluding hydrogens is 349 g/mol. The average Bonchev–Trinajstić information content (AvgIpc) is 2.40. The molecule has 19 heavy (non-hydrogen) atoms. The number of Topliss-reactive ketones (excluding diaryl/α,β-unsaturated/α-hetero) is 1. The molecule has 2 rings (SSSR count). The Morgan fingerprint density at radius 3 is 2.37 bits per heavy atom.